The highest BCUT2D eigenvalue weighted by molar-refractivity contribution is 6.98. The van der Waals surface area contributed by atoms with Crippen molar-refractivity contribution in [2.45, 2.75) is 46.2 Å². The molecule has 0 atom stereocenters. The maximum Gasteiger partial charge on any atom is 0.372 e. The number of nitrogens with zero attached hydrogens (tertiary/aromatic N) is 2. The molecule has 0 bridgehead atoms. The number of carbonyl (C=O) groups is 1. The van der Waals surface area contributed by atoms with Gasteiger partial charge in [-0.3, -0.25) is 4.99 Å². The van der Waals surface area contributed by atoms with E-state index < -0.39 is 14.0 Å². The molecule has 0 radical (unpaired) electrons. The minimum atomic E-state index is -2.04. The van der Waals surface area contributed by atoms with Gasteiger partial charge in [-0.2, -0.15) is 0 Å². The van der Waals surface area contributed by atoms with Crippen molar-refractivity contribution in [2.24, 2.45) is 4.99 Å². The molecule has 1 aliphatic carbocycles. The molecule has 2 aliphatic heterocycles. The minimum absolute atomic E-state index is 0.0102. The number of allylic oxidation sites excluding steroid dienone is 5. The topological polar surface area (TPSA) is 66.0 Å². The monoisotopic (exact) mass is 472 g/mol. The first-order valence-corrected chi connectivity index (χ1v) is 15.2. The van der Waals surface area contributed by atoms with Crippen LogP contribution in [0.5, 0.6) is 0 Å². The van der Waals surface area contributed by atoms with Gasteiger partial charge in [0.25, 0.3) is 0 Å². The van der Waals surface area contributed by atoms with Gasteiger partial charge in [0.15, 0.2) is 0 Å². The van der Waals surface area contributed by atoms with E-state index in [0.29, 0.717) is 5.56 Å². The molecule has 5 rings (SSSR count). The lowest BCUT2D eigenvalue weighted by Crippen LogP contribution is -2.50. The third kappa shape index (κ3) is 3.61. The Kier molecular flexibility index (Phi) is 5.72. The predicted molar refractivity (Wildman–Crippen MR) is 141 cm³/mol. The Bertz CT molecular complexity index is 1290. The van der Waals surface area contributed by atoms with Crippen molar-refractivity contribution < 1.29 is 14.3 Å². The maximum absolute atomic E-state index is 11.7. The van der Waals surface area contributed by atoms with Crippen LogP contribution >= 0.6 is 0 Å². The molecule has 1 aromatic heterocycles. The highest BCUT2D eigenvalue weighted by atomic mass is 28.3. The van der Waals surface area contributed by atoms with Gasteiger partial charge in [0.2, 0.25) is 5.76 Å². The summed E-state index contributed by atoms with van der Waals surface area (Å²) in [6.45, 7) is 11.9. The van der Waals surface area contributed by atoms with Crippen molar-refractivity contribution in [1.29, 1.82) is 0 Å². The van der Waals surface area contributed by atoms with Gasteiger partial charge in [-0.05, 0) is 71.1 Å². The molecule has 6 heteroatoms. The number of fused-ring (bicyclic) bond motifs is 2. The summed E-state index contributed by atoms with van der Waals surface area (Å²) in [7, 11) is -2.04. The lowest BCUT2D eigenvalue weighted by Gasteiger charge is -2.40. The van der Waals surface area contributed by atoms with E-state index in [9.17, 15) is 9.90 Å². The van der Waals surface area contributed by atoms with Gasteiger partial charge in [0, 0.05) is 36.4 Å². The van der Waals surface area contributed by atoms with Gasteiger partial charge < -0.3 is 14.4 Å². The molecule has 5 nitrogen and oxygen atoms in total. The average molecular weight is 473 g/mol. The van der Waals surface area contributed by atoms with Crippen molar-refractivity contribution in [3.05, 3.63) is 75.9 Å². The summed E-state index contributed by atoms with van der Waals surface area (Å²) in [5.41, 5.74) is 7.29. The quantitative estimate of drug-likeness (QED) is 0.445. The maximum atomic E-state index is 11.7. The summed E-state index contributed by atoms with van der Waals surface area (Å²) in [4.78, 5) is 19.0. The summed E-state index contributed by atoms with van der Waals surface area (Å²) in [5.74, 6) is -1.02. The van der Waals surface area contributed by atoms with Crippen LogP contribution in [0.2, 0.25) is 13.1 Å². The number of carboxylic acid groups (broad SMARTS) is 1. The first-order chi connectivity index (χ1) is 16.3. The molecular formula is C28H32N2O3Si. The van der Waals surface area contributed by atoms with Gasteiger partial charge >= 0.3 is 5.97 Å². The number of anilines is 1. The van der Waals surface area contributed by atoms with E-state index >= 15 is 0 Å². The number of hydrogen-bond acceptors (Lipinski definition) is 4. The van der Waals surface area contributed by atoms with Crippen LogP contribution in [0, 0.1) is 6.92 Å². The molecule has 1 fully saturated rings. The van der Waals surface area contributed by atoms with Crippen molar-refractivity contribution in [3.63, 3.8) is 0 Å². The summed E-state index contributed by atoms with van der Waals surface area (Å²) in [6.07, 6.45) is 11.6. The second kappa shape index (κ2) is 8.58. The van der Waals surface area contributed by atoms with Crippen LogP contribution in [0.25, 0.3) is 5.57 Å². The number of rotatable bonds is 6. The van der Waals surface area contributed by atoms with E-state index in [-0.39, 0.29) is 5.76 Å². The Morgan fingerprint density at radius 2 is 2.00 bits per heavy atom. The number of aliphatic imine (C=N–C) groups is 1. The van der Waals surface area contributed by atoms with Crippen molar-refractivity contribution in [1.82, 2.24) is 0 Å². The lowest BCUT2D eigenvalue weighted by molar-refractivity contribution is 0.0661. The number of carboxylic acids is 1. The SMILES string of the molecule is CCCCN=C1C=CC2=C(c3coc(C(=O)O)c3C)c3ccc(N4CCC4)cc3[Si](C)(C)C2=C1. The van der Waals surface area contributed by atoms with Crippen LogP contribution in [0.15, 0.2) is 62.9 Å². The lowest BCUT2D eigenvalue weighted by atomic mass is 9.89. The van der Waals surface area contributed by atoms with Crippen LogP contribution in [-0.2, 0) is 0 Å². The first kappa shape index (κ1) is 22.7. The molecule has 3 aliphatic rings. The fourth-order valence-electron chi connectivity index (χ4n) is 5.22. The summed E-state index contributed by atoms with van der Waals surface area (Å²) >= 11 is 0. The number of furan rings is 1. The Balaban J connectivity index is 1.74. The van der Waals surface area contributed by atoms with Crippen molar-refractivity contribution in [3.8, 4) is 0 Å². The third-order valence-corrected chi connectivity index (χ3v) is 10.9. The zero-order chi connectivity index (χ0) is 24.0. The molecule has 3 heterocycles. The van der Waals surface area contributed by atoms with Gasteiger partial charge in [-0.25, -0.2) is 4.79 Å². The molecule has 176 valence electrons. The van der Waals surface area contributed by atoms with Crippen LogP contribution in [0.1, 0.15) is 53.4 Å². The van der Waals surface area contributed by atoms with E-state index in [1.165, 1.54) is 33.6 Å². The highest BCUT2D eigenvalue weighted by Crippen LogP contribution is 2.43. The Morgan fingerprint density at radius 3 is 2.65 bits per heavy atom. The van der Waals surface area contributed by atoms with Gasteiger partial charge in [0.1, 0.15) is 8.07 Å². The Hall–Kier alpha value is -3.12. The standard InChI is InChI=1S/C28H32N2O3Si/c1-5-6-12-29-19-8-10-21-24(15-19)34(3,4)25-16-20(30-13-7-14-30)9-11-22(25)26(21)23-17-33-27(18(23)2)28(31)32/h8-11,15-17H,5-7,12-14H2,1-4H3,(H,31,32). The van der Waals surface area contributed by atoms with E-state index in [4.69, 9.17) is 9.41 Å². The van der Waals surface area contributed by atoms with Crippen LogP contribution < -0.4 is 10.1 Å². The smallest absolute Gasteiger partial charge is 0.372 e. The van der Waals surface area contributed by atoms with Crippen LogP contribution in [0.3, 0.4) is 0 Å². The molecule has 0 spiro atoms. The number of unbranched alkanes of at least 4 members (excludes halogenated alkanes) is 1. The number of aromatic carboxylic acids is 1. The molecule has 0 unspecified atom stereocenters. The van der Waals surface area contributed by atoms with Gasteiger partial charge in [0.05, 0.1) is 12.0 Å². The van der Waals surface area contributed by atoms with E-state index in [0.717, 1.165) is 49.3 Å². The molecule has 1 N–H and O–H groups in total. The van der Waals surface area contributed by atoms with Gasteiger partial charge in [-0.15, -0.1) is 0 Å². The number of hydrogen-bond donors (Lipinski definition) is 1. The molecule has 0 saturated carbocycles. The largest absolute Gasteiger partial charge is 0.475 e. The molecule has 2 aromatic rings. The van der Waals surface area contributed by atoms with E-state index in [1.807, 2.05) is 6.92 Å². The second-order valence-electron chi connectivity index (χ2n) is 9.94. The first-order valence-electron chi connectivity index (χ1n) is 12.2. The highest BCUT2D eigenvalue weighted by Gasteiger charge is 2.40. The van der Waals surface area contributed by atoms with E-state index in [1.54, 1.807) is 6.26 Å². The van der Waals surface area contributed by atoms with Crippen LogP contribution in [0.4, 0.5) is 5.69 Å². The summed E-state index contributed by atoms with van der Waals surface area (Å²) < 4.78 is 5.53. The fraction of sp³-hybridized carbons (Fsp3) is 0.357. The summed E-state index contributed by atoms with van der Waals surface area (Å²) in [5, 5.41) is 12.4. The molecular weight excluding hydrogens is 440 g/mol. The zero-order valence-corrected chi connectivity index (χ0v) is 21.4. The zero-order valence-electron chi connectivity index (χ0n) is 20.4. The second-order valence-corrected chi connectivity index (χ2v) is 14.3. The van der Waals surface area contributed by atoms with E-state index in [2.05, 4.69) is 61.3 Å². The molecule has 1 saturated heterocycles. The Labute approximate surface area is 202 Å². The molecule has 34 heavy (non-hydrogen) atoms. The molecule has 0 amide bonds. The molecule has 1 aromatic carbocycles. The summed E-state index contributed by atoms with van der Waals surface area (Å²) in [6, 6.07) is 6.84. The minimum Gasteiger partial charge on any atom is -0.475 e. The third-order valence-electron chi connectivity index (χ3n) is 7.42. The predicted octanol–water partition coefficient (Wildman–Crippen LogP) is 5.50. The average Bonchev–Trinajstić information content (AvgIpc) is 3.15. The fourth-order valence-corrected chi connectivity index (χ4v) is 8.30. The Morgan fingerprint density at radius 1 is 1.21 bits per heavy atom. The normalized spacial score (nSPS) is 19.6. The van der Waals surface area contributed by atoms with Crippen molar-refractivity contribution in [2.75, 3.05) is 24.5 Å². The number of benzene rings is 1. The van der Waals surface area contributed by atoms with Gasteiger partial charge in [-0.1, -0.05) is 38.6 Å². The van der Waals surface area contributed by atoms with Crippen molar-refractivity contribution >= 4 is 36.2 Å². The van der Waals surface area contributed by atoms with Crippen LogP contribution in [-0.4, -0.2) is 44.5 Å².